The minimum atomic E-state index is -1.04. The summed E-state index contributed by atoms with van der Waals surface area (Å²) >= 11 is 5.87. The van der Waals surface area contributed by atoms with E-state index in [9.17, 15) is 9.90 Å². The van der Waals surface area contributed by atoms with Crippen LogP contribution in [-0.2, 0) is 4.79 Å². The average Bonchev–Trinajstić information content (AvgIpc) is 2.30. The van der Waals surface area contributed by atoms with Crippen molar-refractivity contribution in [2.24, 2.45) is 0 Å². The Hall–Kier alpha value is 0.760. The molecule has 0 fully saturated rings. The van der Waals surface area contributed by atoms with Crippen LogP contribution in [0.2, 0.25) is 0 Å². The first-order chi connectivity index (χ1) is 8.66. The maximum Gasteiger partial charge on any atom is 1.00 e. The monoisotopic (exact) mass is 298 g/mol. The van der Waals surface area contributed by atoms with Gasteiger partial charge in [0.15, 0.2) is 0 Å². The van der Waals surface area contributed by atoms with Gasteiger partial charge in [-0.2, -0.15) is 0 Å². The van der Waals surface area contributed by atoms with Gasteiger partial charge < -0.3 is 9.90 Å². The fraction of sp³-hybridized carbons (Fsp3) is 0.933. The van der Waals surface area contributed by atoms with Crippen molar-refractivity contribution >= 4 is 17.6 Å². The summed E-state index contributed by atoms with van der Waals surface area (Å²) in [5.41, 5.74) is 0. The molecule has 4 heteroatoms. The third-order valence-corrected chi connectivity index (χ3v) is 3.63. The van der Waals surface area contributed by atoms with E-state index in [1.54, 1.807) is 0 Å². The maximum absolute atomic E-state index is 10.3. The number of rotatable bonds is 13. The Morgan fingerprint density at radius 1 is 0.947 bits per heavy atom. The van der Waals surface area contributed by atoms with Crippen LogP contribution in [0.3, 0.4) is 0 Å². The van der Waals surface area contributed by atoms with E-state index in [1.807, 2.05) is 0 Å². The molecule has 0 aliphatic rings. The molecule has 0 saturated heterocycles. The van der Waals surface area contributed by atoms with E-state index in [-0.39, 0.29) is 41.4 Å². The summed E-state index contributed by atoms with van der Waals surface area (Å²) in [6.07, 6.45) is 13.7. The molecule has 1 atom stereocenters. The van der Waals surface area contributed by atoms with Gasteiger partial charge >= 0.3 is 29.6 Å². The van der Waals surface area contributed by atoms with Crippen molar-refractivity contribution in [3.63, 3.8) is 0 Å². The molecule has 1 unspecified atom stereocenters. The molecule has 0 aromatic heterocycles. The molecule has 0 aromatic rings. The quantitative estimate of drug-likeness (QED) is 0.290. The van der Waals surface area contributed by atoms with Crippen LogP contribution in [-0.4, -0.2) is 11.3 Å². The normalized spacial score (nSPS) is 11.9. The van der Waals surface area contributed by atoms with Gasteiger partial charge in [0.1, 0.15) is 0 Å². The van der Waals surface area contributed by atoms with Crippen molar-refractivity contribution in [2.75, 3.05) is 0 Å². The van der Waals surface area contributed by atoms with Crippen molar-refractivity contribution in [1.29, 1.82) is 0 Å². The predicted octanol–water partition coefficient (Wildman–Crippen LogP) is 1.05. The predicted molar refractivity (Wildman–Crippen MR) is 75.7 cm³/mol. The molecule has 0 aliphatic carbocycles. The Bertz CT molecular complexity index is 201. The van der Waals surface area contributed by atoms with Crippen LogP contribution < -0.4 is 34.7 Å². The average molecular weight is 299 g/mol. The number of carbonyl (C=O) groups is 1. The molecular formula is C15H28ClNaO2. The Labute approximate surface area is 146 Å². The van der Waals surface area contributed by atoms with Gasteiger partial charge in [-0.1, -0.05) is 71.1 Å². The molecule has 0 N–H and O–H groups in total. The number of carboxylic acids is 1. The second-order valence-corrected chi connectivity index (χ2v) is 5.76. The first kappa shape index (κ1) is 22.0. The minimum Gasteiger partial charge on any atom is -0.550 e. The summed E-state index contributed by atoms with van der Waals surface area (Å²) in [6, 6.07) is 0. The van der Waals surface area contributed by atoms with Gasteiger partial charge in [0.2, 0.25) is 0 Å². The molecule has 0 bridgehead atoms. The van der Waals surface area contributed by atoms with Crippen molar-refractivity contribution in [2.45, 2.75) is 89.4 Å². The van der Waals surface area contributed by atoms with E-state index in [0.717, 1.165) is 12.8 Å². The van der Waals surface area contributed by atoms with Gasteiger partial charge in [0.25, 0.3) is 0 Å². The molecule has 0 radical (unpaired) electrons. The molecule has 108 valence electrons. The summed E-state index contributed by atoms with van der Waals surface area (Å²) < 4.78 is 0. The number of aliphatic carboxylic acids is 1. The molecule has 0 spiro atoms. The van der Waals surface area contributed by atoms with E-state index in [4.69, 9.17) is 11.6 Å². The second kappa shape index (κ2) is 16.8. The van der Waals surface area contributed by atoms with E-state index in [2.05, 4.69) is 6.92 Å². The molecule has 0 saturated carbocycles. The molecule has 0 aromatic carbocycles. The van der Waals surface area contributed by atoms with Gasteiger partial charge in [-0.05, 0) is 6.42 Å². The summed E-state index contributed by atoms with van der Waals surface area (Å²) in [5, 5.41) is 10.1. The molecule has 2 nitrogen and oxygen atoms in total. The number of alkyl halides is 1. The number of carboxylic acid groups (broad SMARTS) is 1. The number of hydrogen-bond donors (Lipinski definition) is 0. The van der Waals surface area contributed by atoms with Gasteiger partial charge in [0, 0.05) is 17.8 Å². The summed E-state index contributed by atoms with van der Waals surface area (Å²) in [5.74, 6) is -1.04. The van der Waals surface area contributed by atoms with Crippen LogP contribution in [0.5, 0.6) is 0 Å². The van der Waals surface area contributed by atoms with E-state index < -0.39 is 5.97 Å². The Kier molecular flexibility index (Phi) is 19.5. The number of hydrogen-bond acceptors (Lipinski definition) is 2. The van der Waals surface area contributed by atoms with Gasteiger partial charge in [-0.25, -0.2) is 0 Å². The SMILES string of the molecule is CCCCCCCCCCCCC(Cl)CC(=O)[O-].[Na+]. The fourth-order valence-electron chi connectivity index (χ4n) is 2.14. The van der Waals surface area contributed by atoms with Crippen LogP contribution in [0.25, 0.3) is 0 Å². The second-order valence-electron chi connectivity index (χ2n) is 5.14. The zero-order valence-electron chi connectivity index (χ0n) is 12.8. The largest absolute Gasteiger partial charge is 1.00 e. The van der Waals surface area contributed by atoms with E-state index in [1.165, 1.54) is 57.8 Å². The molecule has 0 rings (SSSR count). The van der Waals surface area contributed by atoms with Crippen molar-refractivity contribution in [3.8, 4) is 0 Å². The molecule has 0 amide bonds. The minimum absolute atomic E-state index is 0. The van der Waals surface area contributed by atoms with E-state index >= 15 is 0 Å². The van der Waals surface area contributed by atoms with Gasteiger partial charge in [-0.3, -0.25) is 0 Å². The Morgan fingerprint density at radius 2 is 1.37 bits per heavy atom. The van der Waals surface area contributed by atoms with Crippen LogP contribution in [0.15, 0.2) is 0 Å². The Balaban J connectivity index is 0. The number of unbranched alkanes of at least 4 members (excludes halogenated alkanes) is 9. The smallest absolute Gasteiger partial charge is 0.550 e. The standard InChI is InChI=1S/C15H29ClO2.Na/c1-2-3-4-5-6-7-8-9-10-11-12-14(16)13-15(17)18;/h14H,2-13H2,1H3,(H,17,18);/q;+1/p-1. The van der Waals surface area contributed by atoms with Crippen LogP contribution in [0, 0.1) is 0 Å². The van der Waals surface area contributed by atoms with E-state index in [0.29, 0.717) is 0 Å². The topological polar surface area (TPSA) is 40.1 Å². The zero-order valence-corrected chi connectivity index (χ0v) is 15.5. The van der Waals surface area contributed by atoms with Gasteiger partial charge in [-0.15, -0.1) is 11.6 Å². The summed E-state index contributed by atoms with van der Waals surface area (Å²) in [7, 11) is 0. The van der Waals surface area contributed by atoms with Crippen molar-refractivity contribution in [3.05, 3.63) is 0 Å². The van der Waals surface area contributed by atoms with Gasteiger partial charge in [0.05, 0.1) is 0 Å². The van der Waals surface area contributed by atoms with Crippen LogP contribution >= 0.6 is 11.6 Å². The first-order valence-electron chi connectivity index (χ1n) is 7.50. The Morgan fingerprint density at radius 3 is 1.79 bits per heavy atom. The third kappa shape index (κ3) is 18.8. The van der Waals surface area contributed by atoms with Crippen molar-refractivity contribution in [1.82, 2.24) is 0 Å². The fourth-order valence-corrected chi connectivity index (χ4v) is 2.42. The maximum atomic E-state index is 10.3. The van der Waals surface area contributed by atoms with Crippen LogP contribution in [0.4, 0.5) is 0 Å². The molecular weight excluding hydrogens is 271 g/mol. The summed E-state index contributed by atoms with van der Waals surface area (Å²) in [4.78, 5) is 10.3. The zero-order chi connectivity index (χ0) is 13.6. The molecule has 0 heterocycles. The van der Waals surface area contributed by atoms with Crippen LogP contribution in [0.1, 0.15) is 84.0 Å². The first-order valence-corrected chi connectivity index (χ1v) is 7.94. The summed E-state index contributed by atoms with van der Waals surface area (Å²) in [6.45, 7) is 2.24. The third-order valence-electron chi connectivity index (χ3n) is 3.26. The number of halogens is 1. The van der Waals surface area contributed by atoms with Crippen molar-refractivity contribution < 1.29 is 39.5 Å². The molecule has 19 heavy (non-hydrogen) atoms. The number of carbonyl (C=O) groups excluding carboxylic acids is 1. The molecule has 0 aliphatic heterocycles.